The Hall–Kier alpha value is -2.44. The van der Waals surface area contributed by atoms with E-state index >= 15 is 0 Å². The van der Waals surface area contributed by atoms with Crippen LogP contribution >= 0.6 is 0 Å². The summed E-state index contributed by atoms with van der Waals surface area (Å²) < 4.78 is 8.27. The Balaban J connectivity index is 1.80. The van der Waals surface area contributed by atoms with Crippen LogP contribution in [-0.2, 0) is 6.54 Å². The molecule has 1 fully saturated rings. The third kappa shape index (κ3) is 1.66. The van der Waals surface area contributed by atoms with Gasteiger partial charge in [-0.25, -0.2) is 9.67 Å². The maximum absolute atomic E-state index is 12.4. The van der Waals surface area contributed by atoms with Crippen LogP contribution in [0.5, 0.6) is 0 Å². The molecule has 102 valence electrons. The van der Waals surface area contributed by atoms with Crippen LogP contribution in [-0.4, -0.2) is 24.5 Å². The van der Waals surface area contributed by atoms with E-state index in [1.165, 1.54) is 4.57 Å². The highest BCUT2D eigenvalue weighted by molar-refractivity contribution is 5.73. The molecule has 3 heterocycles. The molecule has 0 saturated heterocycles. The number of rotatable bonds is 3. The topological polar surface area (TPSA) is 78.7 Å². The first-order chi connectivity index (χ1) is 9.74. The SMILES string of the molecule is Cc1conc1Cn1cnc2c(cnn2C2CC2)c1=O. The number of nitrogens with zero attached hydrogens (tertiary/aromatic N) is 5. The lowest BCUT2D eigenvalue weighted by atomic mass is 10.3. The van der Waals surface area contributed by atoms with Crippen LogP contribution in [0, 0.1) is 6.92 Å². The van der Waals surface area contributed by atoms with Crippen molar-refractivity contribution in [2.45, 2.75) is 32.4 Å². The smallest absolute Gasteiger partial charge is 0.264 e. The largest absolute Gasteiger partial charge is 0.364 e. The van der Waals surface area contributed by atoms with Crippen LogP contribution in [0.1, 0.15) is 30.1 Å². The number of hydrogen-bond donors (Lipinski definition) is 0. The molecule has 1 aliphatic rings. The molecule has 0 bridgehead atoms. The predicted octanol–water partition coefficient (Wildman–Crippen LogP) is 1.27. The highest BCUT2D eigenvalue weighted by Crippen LogP contribution is 2.35. The molecule has 0 aromatic carbocycles. The maximum atomic E-state index is 12.4. The number of aromatic nitrogens is 5. The van der Waals surface area contributed by atoms with Gasteiger partial charge < -0.3 is 4.52 Å². The lowest BCUT2D eigenvalue weighted by Gasteiger charge is -2.04. The van der Waals surface area contributed by atoms with Crippen LogP contribution in [0.4, 0.5) is 0 Å². The van der Waals surface area contributed by atoms with E-state index in [4.69, 9.17) is 4.52 Å². The van der Waals surface area contributed by atoms with Gasteiger partial charge in [-0.1, -0.05) is 5.16 Å². The Labute approximate surface area is 113 Å². The van der Waals surface area contributed by atoms with Gasteiger partial charge >= 0.3 is 0 Å². The molecule has 0 unspecified atom stereocenters. The number of aryl methyl sites for hydroxylation is 1. The Bertz CT molecular complexity index is 840. The van der Waals surface area contributed by atoms with Gasteiger partial charge in [0.2, 0.25) is 0 Å². The van der Waals surface area contributed by atoms with E-state index in [1.54, 1.807) is 18.8 Å². The fraction of sp³-hybridized carbons (Fsp3) is 0.385. The van der Waals surface area contributed by atoms with E-state index in [9.17, 15) is 4.79 Å². The van der Waals surface area contributed by atoms with Gasteiger partial charge in [-0.15, -0.1) is 0 Å². The summed E-state index contributed by atoms with van der Waals surface area (Å²) in [5.41, 5.74) is 2.24. The van der Waals surface area contributed by atoms with Gasteiger partial charge in [0.15, 0.2) is 5.65 Å². The molecule has 20 heavy (non-hydrogen) atoms. The average molecular weight is 271 g/mol. The van der Waals surface area contributed by atoms with E-state index in [-0.39, 0.29) is 5.56 Å². The van der Waals surface area contributed by atoms with Crippen LogP contribution in [0.3, 0.4) is 0 Å². The van der Waals surface area contributed by atoms with Gasteiger partial charge in [0, 0.05) is 5.56 Å². The second-order valence-electron chi connectivity index (χ2n) is 5.18. The minimum atomic E-state index is -0.0932. The third-order valence-electron chi connectivity index (χ3n) is 3.64. The lowest BCUT2D eigenvalue weighted by Crippen LogP contribution is -2.21. The Morgan fingerprint density at radius 3 is 3.00 bits per heavy atom. The van der Waals surface area contributed by atoms with Crippen LogP contribution in [0.15, 0.2) is 28.1 Å². The summed E-state index contributed by atoms with van der Waals surface area (Å²) in [7, 11) is 0. The van der Waals surface area contributed by atoms with Crippen molar-refractivity contribution >= 4 is 11.0 Å². The molecule has 0 spiro atoms. The van der Waals surface area contributed by atoms with Crippen LogP contribution < -0.4 is 5.56 Å². The van der Waals surface area contributed by atoms with E-state index in [2.05, 4.69) is 15.2 Å². The van der Waals surface area contributed by atoms with Gasteiger partial charge in [-0.2, -0.15) is 5.10 Å². The Morgan fingerprint density at radius 1 is 1.45 bits per heavy atom. The van der Waals surface area contributed by atoms with Crippen molar-refractivity contribution in [3.63, 3.8) is 0 Å². The van der Waals surface area contributed by atoms with Gasteiger partial charge in [0.1, 0.15) is 23.7 Å². The molecule has 0 N–H and O–H groups in total. The Kier molecular flexibility index (Phi) is 2.29. The van der Waals surface area contributed by atoms with E-state index in [0.29, 0.717) is 23.6 Å². The molecule has 0 radical (unpaired) electrons. The summed E-state index contributed by atoms with van der Waals surface area (Å²) in [5, 5.41) is 8.73. The molecule has 1 saturated carbocycles. The molecule has 0 atom stereocenters. The first-order valence-corrected chi connectivity index (χ1v) is 6.56. The molecule has 3 aromatic rings. The second kappa shape index (κ2) is 4.03. The van der Waals surface area contributed by atoms with Crippen molar-refractivity contribution in [2.75, 3.05) is 0 Å². The van der Waals surface area contributed by atoms with E-state index < -0.39 is 0 Å². The van der Waals surface area contributed by atoms with Crippen LogP contribution in [0.25, 0.3) is 11.0 Å². The molecular weight excluding hydrogens is 258 g/mol. The summed E-state index contributed by atoms with van der Waals surface area (Å²) >= 11 is 0. The summed E-state index contributed by atoms with van der Waals surface area (Å²) in [4.78, 5) is 16.8. The van der Waals surface area contributed by atoms with Gasteiger partial charge in [-0.05, 0) is 19.8 Å². The van der Waals surface area contributed by atoms with Crippen molar-refractivity contribution < 1.29 is 4.52 Å². The summed E-state index contributed by atoms with van der Waals surface area (Å²) in [6.45, 7) is 2.26. The third-order valence-corrected chi connectivity index (χ3v) is 3.64. The number of fused-ring (bicyclic) bond motifs is 1. The minimum absolute atomic E-state index is 0.0932. The number of hydrogen-bond acceptors (Lipinski definition) is 5. The van der Waals surface area contributed by atoms with Crippen molar-refractivity contribution in [3.05, 3.63) is 40.4 Å². The summed E-state index contributed by atoms with van der Waals surface area (Å²) in [6.07, 6.45) is 6.95. The molecule has 4 rings (SSSR count). The Morgan fingerprint density at radius 2 is 2.30 bits per heavy atom. The van der Waals surface area contributed by atoms with Gasteiger partial charge in [-0.3, -0.25) is 9.36 Å². The lowest BCUT2D eigenvalue weighted by molar-refractivity contribution is 0.409. The molecule has 0 amide bonds. The van der Waals surface area contributed by atoms with E-state index in [0.717, 1.165) is 24.1 Å². The fourth-order valence-electron chi connectivity index (χ4n) is 2.29. The van der Waals surface area contributed by atoms with Crippen molar-refractivity contribution in [1.29, 1.82) is 0 Å². The standard InChI is InChI=1S/C13H13N5O2/c1-8-6-20-16-11(8)5-17-7-14-12-10(13(17)19)4-15-18(12)9-2-3-9/h4,6-7,9H,2-3,5H2,1H3. The van der Waals surface area contributed by atoms with E-state index in [1.807, 2.05) is 11.6 Å². The zero-order valence-corrected chi connectivity index (χ0v) is 11.0. The molecule has 7 nitrogen and oxygen atoms in total. The second-order valence-corrected chi connectivity index (χ2v) is 5.18. The molecular formula is C13H13N5O2. The molecule has 1 aliphatic carbocycles. The zero-order valence-electron chi connectivity index (χ0n) is 11.0. The minimum Gasteiger partial charge on any atom is -0.364 e. The van der Waals surface area contributed by atoms with Gasteiger partial charge in [0.25, 0.3) is 5.56 Å². The summed E-state index contributed by atoms with van der Waals surface area (Å²) in [6, 6.07) is 0.410. The monoisotopic (exact) mass is 271 g/mol. The van der Waals surface area contributed by atoms with Gasteiger partial charge in [0.05, 0.1) is 18.8 Å². The quantitative estimate of drug-likeness (QED) is 0.716. The molecule has 3 aromatic heterocycles. The molecule has 7 heteroatoms. The normalized spacial score (nSPS) is 15.1. The predicted molar refractivity (Wildman–Crippen MR) is 70.4 cm³/mol. The molecule has 0 aliphatic heterocycles. The van der Waals surface area contributed by atoms with Crippen LogP contribution in [0.2, 0.25) is 0 Å². The highest BCUT2D eigenvalue weighted by atomic mass is 16.5. The first kappa shape index (κ1) is 11.4. The maximum Gasteiger partial charge on any atom is 0.264 e. The summed E-state index contributed by atoms with van der Waals surface area (Å²) in [5.74, 6) is 0. The zero-order chi connectivity index (χ0) is 13.7. The van der Waals surface area contributed by atoms with Crippen molar-refractivity contribution in [3.8, 4) is 0 Å². The fourth-order valence-corrected chi connectivity index (χ4v) is 2.29. The first-order valence-electron chi connectivity index (χ1n) is 6.56. The van der Waals surface area contributed by atoms with Crippen molar-refractivity contribution in [1.82, 2.24) is 24.5 Å². The highest BCUT2D eigenvalue weighted by Gasteiger charge is 2.27. The van der Waals surface area contributed by atoms with Crippen molar-refractivity contribution in [2.24, 2.45) is 0 Å². The average Bonchev–Trinajstić information content (AvgIpc) is 3.07.